The topological polar surface area (TPSA) is 52.6 Å². The molecule has 0 aliphatic carbocycles. The lowest BCUT2D eigenvalue weighted by Crippen LogP contribution is -2.54. The molecule has 0 amide bonds. The second-order valence-electron chi connectivity index (χ2n) is 5.03. The molecule has 0 unspecified atom stereocenters. The number of anilines is 1. The summed E-state index contributed by atoms with van der Waals surface area (Å²) in [6.45, 7) is 7.01. The van der Waals surface area contributed by atoms with Gasteiger partial charge in [-0.15, -0.1) is 0 Å². The first-order chi connectivity index (χ1) is 8.61. The Balaban J connectivity index is 2.36. The minimum absolute atomic E-state index is 0.347. The molecule has 0 radical (unpaired) electrons. The summed E-state index contributed by atoms with van der Waals surface area (Å²) in [6.07, 6.45) is 0. The summed E-state index contributed by atoms with van der Waals surface area (Å²) >= 11 is 0. The third kappa shape index (κ3) is 2.48. The number of carbonyl (C=O) groups is 1. The van der Waals surface area contributed by atoms with E-state index >= 15 is 0 Å². The second-order valence-corrected chi connectivity index (χ2v) is 5.03. The van der Waals surface area contributed by atoms with Gasteiger partial charge in [0.05, 0.1) is 11.3 Å². The predicted molar refractivity (Wildman–Crippen MR) is 72.2 cm³/mol. The van der Waals surface area contributed by atoms with Crippen LogP contribution in [0.2, 0.25) is 0 Å². The van der Waals surface area contributed by atoms with E-state index in [2.05, 4.69) is 24.1 Å². The van der Waals surface area contributed by atoms with Crippen molar-refractivity contribution in [3.05, 3.63) is 29.8 Å². The highest BCUT2D eigenvalue weighted by Gasteiger charge is 2.27. The van der Waals surface area contributed by atoms with Gasteiger partial charge in [0.25, 0.3) is 0 Å². The molecule has 1 fully saturated rings. The summed E-state index contributed by atoms with van der Waals surface area (Å²) in [5.41, 5.74) is 1.23. The van der Waals surface area contributed by atoms with E-state index in [0.29, 0.717) is 17.5 Å². The summed E-state index contributed by atoms with van der Waals surface area (Å²) in [4.78, 5) is 13.5. The maximum atomic E-state index is 11.3. The van der Waals surface area contributed by atoms with Crippen molar-refractivity contribution in [1.82, 2.24) is 5.32 Å². The lowest BCUT2D eigenvalue weighted by Gasteiger charge is -2.40. The molecular formula is C14H20N2O2. The van der Waals surface area contributed by atoms with E-state index in [1.54, 1.807) is 12.1 Å². The number of benzene rings is 1. The Hall–Kier alpha value is -1.55. The fraction of sp³-hybridized carbons (Fsp3) is 0.500. The van der Waals surface area contributed by atoms with Crippen LogP contribution >= 0.6 is 0 Å². The summed E-state index contributed by atoms with van der Waals surface area (Å²) in [5, 5.41) is 12.7. The van der Waals surface area contributed by atoms with E-state index in [-0.39, 0.29) is 0 Å². The van der Waals surface area contributed by atoms with Crippen LogP contribution in [0.4, 0.5) is 5.69 Å². The maximum absolute atomic E-state index is 11.3. The molecule has 18 heavy (non-hydrogen) atoms. The summed E-state index contributed by atoms with van der Waals surface area (Å²) in [5.74, 6) is -0.369. The highest BCUT2D eigenvalue weighted by atomic mass is 16.4. The monoisotopic (exact) mass is 248 g/mol. The number of nitrogens with one attached hydrogen (secondary N) is 1. The molecule has 0 saturated carbocycles. The van der Waals surface area contributed by atoms with Gasteiger partial charge >= 0.3 is 5.97 Å². The summed E-state index contributed by atoms with van der Waals surface area (Å²) < 4.78 is 0. The molecule has 4 nitrogen and oxygen atoms in total. The van der Waals surface area contributed by atoms with E-state index in [1.165, 1.54) is 0 Å². The van der Waals surface area contributed by atoms with Crippen molar-refractivity contribution in [2.75, 3.05) is 24.5 Å². The lowest BCUT2D eigenvalue weighted by atomic mass is 9.98. The molecule has 1 saturated heterocycles. The van der Waals surface area contributed by atoms with E-state index in [1.807, 2.05) is 12.1 Å². The number of piperazine rings is 1. The van der Waals surface area contributed by atoms with Crippen LogP contribution in [0.15, 0.2) is 24.3 Å². The SMILES string of the molecule is CC(C)[C@@H]1CNCCN1c1ccccc1C(=O)O. The first kappa shape index (κ1) is 12.9. The Bertz CT molecular complexity index is 432. The van der Waals surface area contributed by atoms with Crippen LogP contribution in [0.3, 0.4) is 0 Å². The fourth-order valence-corrected chi connectivity index (χ4v) is 2.53. The van der Waals surface area contributed by atoms with Gasteiger partial charge in [-0.1, -0.05) is 26.0 Å². The van der Waals surface area contributed by atoms with Crippen LogP contribution in [0, 0.1) is 5.92 Å². The van der Waals surface area contributed by atoms with Crippen LogP contribution in [0.25, 0.3) is 0 Å². The number of aromatic carboxylic acids is 1. The number of hydrogen-bond donors (Lipinski definition) is 2. The molecule has 1 aliphatic rings. The van der Waals surface area contributed by atoms with Gasteiger partial charge in [-0.3, -0.25) is 0 Å². The smallest absolute Gasteiger partial charge is 0.337 e. The minimum Gasteiger partial charge on any atom is -0.478 e. The zero-order valence-electron chi connectivity index (χ0n) is 10.9. The molecule has 0 spiro atoms. The number of nitrogens with zero attached hydrogens (tertiary/aromatic N) is 1. The number of hydrogen-bond acceptors (Lipinski definition) is 3. The standard InChI is InChI=1S/C14H20N2O2/c1-10(2)13-9-15-7-8-16(13)12-6-4-3-5-11(12)14(17)18/h3-6,10,13,15H,7-9H2,1-2H3,(H,17,18)/t13-/m0/s1. The average Bonchev–Trinajstić information content (AvgIpc) is 2.38. The zero-order valence-corrected chi connectivity index (χ0v) is 10.9. The largest absolute Gasteiger partial charge is 0.478 e. The normalized spacial score (nSPS) is 20.2. The van der Waals surface area contributed by atoms with Crippen molar-refractivity contribution in [2.24, 2.45) is 5.92 Å². The molecule has 98 valence electrons. The van der Waals surface area contributed by atoms with Gasteiger partial charge in [0.2, 0.25) is 0 Å². The summed E-state index contributed by atoms with van der Waals surface area (Å²) in [7, 11) is 0. The Morgan fingerprint density at radius 2 is 2.17 bits per heavy atom. The van der Waals surface area contributed by atoms with E-state index in [4.69, 9.17) is 0 Å². The molecule has 1 aliphatic heterocycles. The molecule has 1 aromatic carbocycles. The van der Waals surface area contributed by atoms with Crippen molar-refractivity contribution >= 4 is 11.7 Å². The minimum atomic E-state index is -0.855. The van der Waals surface area contributed by atoms with Crippen molar-refractivity contribution in [2.45, 2.75) is 19.9 Å². The van der Waals surface area contributed by atoms with E-state index in [9.17, 15) is 9.90 Å². The van der Waals surface area contributed by atoms with Gasteiger partial charge in [-0.05, 0) is 18.1 Å². The van der Waals surface area contributed by atoms with Gasteiger partial charge in [0, 0.05) is 25.7 Å². The predicted octanol–water partition coefficient (Wildman–Crippen LogP) is 1.82. The van der Waals surface area contributed by atoms with Crippen LogP contribution in [-0.2, 0) is 0 Å². The van der Waals surface area contributed by atoms with Gasteiger partial charge in [-0.2, -0.15) is 0 Å². The zero-order chi connectivity index (χ0) is 13.1. The molecular weight excluding hydrogens is 228 g/mol. The Labute approximate surface area is 108 Å². The van der Waals surface area contributed by atoms with Crippen molar-refractivity contribution in [1.29, 1.82) is 0 Å². The Morgan fingerprint density at radius 1 is 1.44 bits per heavy atom. The summed E-state index contributed by atoms with van der Waals surface area (Å²) in [6, 6.07) is 7.61. The van der Waals surface area contributed by atoms with Gasteiger partial charge < -0.3 is 15.3 Å². The van der Waals surface area contributed by atoms with E-state index in [0.717, 1.165) is 25.3 Å². The molecule has 2 rings (SSSR count). The Morgan fingerprint density at radius 3 is 2.83 bits per heavy atom. The first-order valence-corrected chi connectivity index (χ1v) is 6.41. The third-order valence-electron chi connectivity index (χ3n) is 3.50. The van der Waals surface area contributed by atoms with Crippen LogP contribution in [0.5, 0.6) is 0 Å². The molecule has 1 heterocycles. The highest BCUT2D eigenvalue weighted by molar-refractivity contribution is 5.94. The van der Waals surface area contributed by atoms with Crippen LogP contribution < -0.4 is 10.2 Å². The maximum Gasteiger partial charge on any atom is 0.337 e. The Kier molecular flexibility index (Phi) is 3.87. The molecule has 0 bridgehead atoms. The van der Waals surface area contributed by atoms with Gasteiger partial charge in [0.1, 0.15) is 0 Å². The van der Waals surface area contributed by atoms with Crippen molar-refractivity contribution < 1.29 is 9.90 Å². The third-order valence-corrected chi connectivity index (χ3v) is 3.50. The van der Waals surface area contributed by atoms with Crippen molar-refractivity contribution in [3.8, 4) is 0 Å². The number of carboxylic acid groups (broad SMARTS) is 1. The highest BCUT2D eigenvalue weighted by Crippen LogP contribution is 2.26. The lowest BCUT2D eigenvalue weighted by molar-refractivity contribution is 0.0697. The number of carboxylic acids is 1. The molecule has 1 atom stereocenters. The van der Waals surface area contributed by atoms with E-state index < -0.39 is 5.97 Å². The van der Waals surface area contributed by atoms with Crippen molar-refractivity contribution in [3.63, 3.8) is 0 Å². The molecule has 4 heteroatoms. The van der Waals surface area contributed by atoms with Gasteiger partial charge in [0.15, 0.2) is 0 Å². The second kappa shape index (κ2) is 5.40. The molecule has 1 aromatic rings. The molecule has 0 aromatic heterocycles. The quantitative estimate of drug-likeness (QED) is 0.856. The number of rotatable bonds is 3. The first-order valence-electron chi connectivity index (χ1n) is 6.41. The number of para-hydroxylation sites is 1. The molecule has 2 N–H and O–H groups in total. The average molecular weight is 248 g/mol. The van der Waals surface area contributed by atoms with Crippen LogP contribution in [-0.4, -0.2) is 36.8 Å². The fourth-order valence-electron chi connectivity index (χ4n) is 2.53. The van der Waals surface area contributed by atoms with Gasteiger partial charge in [-0.25, -0.2) is 4.79 Å². The van der Waals surface area contributed by atoms with Crippen LogP contribution in [0.1, 0.15) is 24.2 Å².